The normalized spacial score (nSPS) is 10.3. The van der Waals surface area contributed by atoms with Crippen molar-refractivity contribution in [2.45, 2.75) is 33.6 Å². The maximum Gasteiger partial charge on any atom is 0.337 e. The second kappa shape index (κ2) is 4.57. The second-order valence-electron chi connectivity index (χ2n) is 3.59. The molecule has 0 spiro atoms. The maximum absolute atomic E-state index is 11.0. The maximum atomic E-state index is 11.0. The molecule has 0 atom stereocenters. The number of aryl methyl sites for hydroxylation is 2. The van der Waals surface area contributed by atoms with E-state index in [0.29, 0.717) is 18.4 Å². The van der Waals surface area contributed by atoms with Crippen LogP contribution in [0.5, 0.6) is 0 Å². The fourth-order valence-corrected chi connectivity index (χ4v) is 2.61. The Morgan fingerprint density at radius 3 is 2.40 bits per heavy atom. The van der Waals surface area contributed by atoms with E-state index in [9.17, 15) is 9.59 Å². The number of carbonyl (C=O) groups excluding carboxylic acids is 1. The van der Waals surface area contributed by atoms with E-state index in [1.54, 1.807) is 0 Å². The van der Waals surface area contributed by atoms with Crippen LogP contribution in [-0.2, 0) is 11.2 Å². The van der Waals surface area contributed by atoms with Crippen molar-refractivity contribution in [1.82, 2.24) is 0 Å². The number of hydrogen-bond donors (Lipinski definition) is 1. The molecule has 0 aliphatic heterocycles. The van der Waals surface area contributed by atoms with Crippen LogP contribution in [0.25, 0.3) is 0 Å². The van der Waals surface area contributed by atoms with Gasteiger partial charge in [0.2, 0.25) is 0 Å². The minimum absolute atomic E-state index is 0.0926. The molecule has 1 N–H and O–H groups in total. The van der Waals surface area contributed by atoms with Crippen LogP contribution in [-0.4, -0.2) is 16.9 Å². The van der Waals surface area contributed by atoms with Crippen LogP contribution >= 0.6 is 11.3 Å². The molecule has 0 saturated carbocycles. The molecule has 0 fully saturated rings. The quantitative estimate of drug-likeness (QED) is 0.858. The number of carboxylic acid groups (broad SMARTS) is 1. The zero-order valence-electron chi connectivity index (χ0n) is 9.09. The predicted molar refractivity (Wildman–Crippen MR) is 59.8 cm³/mol. The van der Waals surface area contributed by atoms with Crippen LogP contribution in [0.4, 0.5) is 0 Å². The second-order valence-corrected chi connectivity index (χ2v) is 4.90. The lowest BCUT2D eigenvalue weighted by molar-refractivity contribution is -0.116. The zero-order valence-corrected chi connectivity index (χ0v) is 9.90. The number of ketones is 1. The van der Waals surface area contributed by atoms with Crippen LogP contribution in [0.3, 0.4) is 0 Å². The summed E-state index contributed by atoms with van der Waals surface area (Å²) >= 11 is 1.48. The SMILES string of the molecule is CC(=O)CCc1sc(C)c(C)c1C(=O)O. The van der Waals surface area contributed by atoms with E-state index in [4.69, 9.17) is 5.11 Å². The van der Waals surface area contributed by atoms with Crippen LogP contribution in [0.15, 0.2) is 0 Å². The van der Waals surface area contributed by atoms with Crippen molar-refractivity contribution in [3.63, 3.8) is 0 Å². The van der Waals surface area contributed by atoms with Crippen molar-refractivity contribution in [2.75, 3.05) is 0 Å². The number of Topliss-reactive ketones (excluding diaryl/α,β-unsaturated/α-hetero) is 1. The lowest BCUT2D eigenvalue weighted by atomic mass is 10.1. The Kier molecular flexibility index (Phi) is 3.63. The van der Waals surface area contributed by atoms with E-state index in [1.807, 2.05) is 13.8 Å². The number of hydrogen-bond acceptors (Lipinski definition) is 3. The highest BCUT2D eigenvalue weighted by atomic mass is 32.1. The molecule has 1 aromatic rings. The molecule has 0 amide bonds. The molecule has 0 unspecified atom stereocenters. The third-order valence-electron chi connectivity index (χ3n) is 2.38. The molecule has 0 bridgehead atoms. The zero-order chi connectivity index (χ0) is 11.6. The summed E-state index contributed by atoms with van der Waals surface area (Å²) in [5.74, 6) is -0.801. The Labute approximate surface area is 92.7 Å². The molecular weight excluding hydrogens is 212 g/mol. The van der Waals surface area contributed by atoms with Gasteiger partial charge in [-0.15, -0.1) is 11.3 Å². The summed E-state index contributed by atoms with van der Waals surface area (Å²) in [5, 5.41) is 9.05. The van der Waals surface area contributed by atoms with E-state index >= 15 is 0 Å². The third-order valence-corrected chi connectivity index (χ3v) is 3.64. The summed E-state index contributed by atoms with van der Waals surface area (Å²) in [4.78, 5) is 23.7. The van der Waals surface area contributed by atoms with Crippen molar-refractivity contribution < 1.29 is 14.7 Å². The molecule has 82 valence electrons. The van der Waals surface area contributed by atoms with Gasteiger partial charge < -0.3 is 9.90 Å². The molecule has 0 aliphatic rings. The van der Waals surface area contributed by atoms with Gasteiger partial charge in [-0.25, -0.2) is 4.79 Å². The summed E-state index contributed by atoms with van der Waals surface area (Å²) in [6.07, 6.45) is 0.954. The molecule has 0 saturated heterocycles. The van der Waals surface area contributed by atoms with Crippen molar-refractivity contribution in [1.29, 1.82) is 0 Å². The van der Waals surface area contributed by atoms with Gasteiger partial charge in [-0.3, -0.25) is 0 Å². The topological polar surface area (TPSA) is 54.4 Å². The van der Waals surface area contributed by atoms with Gasteiger partial charge in [-0.1, -0.05) is 0 Å². The van der Waals surface area contributed by atoms with E-state index in [1.165, 1.54) is 18.3 Å². The van der Waals surface area contributed by atoms with E-state index in [-0.39, 0.29) is 5.78 Å². The minimum Gasteiger partial charge on any atom is -0.478 e. The number of thiophene rings is 1. The first-order valence-electron chi connectivity index (χ1n) is 4.75. The lowest BCUT2D eigenvalue weighted by Gasteiger charge is -1.98. The van der Waals surface area contributed by atoms with Crippen molar-refractivity contribution in [2.24, 2.45) is 0 Å². The van der Waals surface area contributed by atoms with Crippen LogP contribution in [0.2, 0.25) is 0 Å². The number of carboxylic acids is 1. The Hall–Kier alpha value is -1.16. The summed E-state index contributed by atoms with van der Waals surface area (Å²) < 4.78 is 0. The highest BCUT2D eigenvalue weighted by Gasteiger charge is 2.18. The summed E-state index contributed by atoms with van der Waals surface area (Å²) in [6.45, 7) is 5.24. The van der Waals surface area contributed by atoms with Gasteiger partial charge in [0, 0.05) is 16.2 Å². The van der Waals surface area contributed by atoms with E-state index in [2.05, 4.69) is 0 Å². The first-order valence-corrected chi connectivity index (χ1v) is 5.56. The molecule has 0 radical (unpaired) electrons. The first kappa shape index (κ1) is 11.9. The number of rotatable bonds is 4. The lowest BCUT2D eigenvalue weighted by Crippen LogP contribution is -2.02. The Bertz CT molecular complexity index is 404. The Balaban J connectivity index is 3.01. The summed E-state index contributed by atoms with van der Waals surface area (Å²) in [6, 6.07) is 0. The summed E-state index contributed by atoms with van der Waals surface area (Å²) in [5.41, 5.74) is 1.21. The standard InChI is InChI=1S/C11H14O3S/c1-6(12)4-5-9-10(11(13)14)7(2)8(3)15-9/h4-5H2,1-3H3,(H,13,14). The van der Waals surface area contributed by atoms with E-state index < -0.39 is 5.97 Å². The highest BCUT2D eigenvalue weighted by Crippen LogP contribution is 2.28. The first-order chi connectivity index (χ1) is 6.93. The van der Waals surface area contributed by atoms with Gasteiger partial charge in [-0.2, -0.15) is 0 Å². The van der Waals surface area contributed by atoms with Crippen LogP contribution in [0.1, 0.15) is 39.0 Å². The number of carbonyl (C=O) groups is 2. The van der Waals surface area contributed by atoms with Gasteiger partial charge in [-0.05, 0) is 32.8 Å². The van der Waals surface area contributed by atoms with Crippen molar-refractivity contribution in [3.05, 3.63) is 20.9 Å². The number of aromatic carboxylic acids is 1. The Morgan fingerprint density at radius 1 is 1.33 bits per heavy atom. The molecule has 0 aliphatic carbocycles. The third kappa shape index (κ3) is 2.65. The van der Waals surface area contributed by atoms with Gasteiger partial charge in [0.1, 0.15) is 5.78 Å². The average molecular weight is 226 g/mol. The molecule has 0 aromatic carbocycles. The Morgan fingerprint density at radius 2 is 1.93 bits per heavy atom. The smallest absolute Gasteiger partial charge is 0.337 e. The fourth-order valence-electron chi connectivity index (χ4n) is 1.44. The molecular formula is C11H14O3S. The molecule has 1 heterocycles. The fraction of sp³-hybridized carbons (Fsp3) is 0.455. The highest BCUT2D eigenvalue weighted by molar-refractivity contribution is 7.12. The molecule has 1 aromatic heterocycles. The average Bonchev–Trinajstić information content (AvgIpc) is 2.39. The molecule has 1 rings (SSSR count). The molecule has 15 heavy (non-hydrogen) atoms. The van der Waals surface area contributed by atoms with Crippen LogP contribution in [0, 0.1) is 13.8 Å². The minimum atomic E-state index is -0.893. The molecule has 4 heteroatoms. The monoisotopic (exact) mass is 226 g/mol. The summed E-state index contributed by atoms with van der Waals surface area (Å²) in [7, 11) is 0. The van der Waals surface area contributed by atoms with Crippen molar-refractivity contribution >= 4 is 23.1 Å². The van der Waals surface area contributed by atoms with E-state index in [0.717, 1.165) is 15.3 Å². The van der Waals surface area contributed by atoms with Gasteiger partial charge in [0.05, 0.1) is 5.56 Å². The molecule has 3 nitrogen and oxygen atoms in total. The van der Waals surface area contributed by atoms with Crippen LogP contribution < -0.4 is 0 Å². The van der Waals surface area contributed by atoms with Crippen molar-refractivity contribution in [3.8, 4) is 0 Å². The van der Waals surface area contributed by atoms with Gasteiger partial charge in [0.25, 0.3) is 0 Å². The predicted octanol–water partition coefficient (Wildman–Crippen LogP) is 2.58. The van der Waals surface area contributed by atoms with Gasteiger partial charge in [0.15, 0.2) is 0 Å². The largest absolute Gasteiger partial charge is 0.478 e. The van der Waals surface area contributed by atoms with Gasteiger partial charge >= 0.3 is 5.97 Å².